The molecule has 0 saturated heterocycles. The number of benzene rings is 2. The van der Waals surface area contributed by atoms with E-state index in [1.165, 1.54) is 25.2 Å². The first kappa shape index (κ1) is 14.5. The zero-order chi connectivity index (χ0) is 15.9. The first-order valence-corrected chi connectivity index (χ1v) is 7.21. The summed E-state index contributed by atoms with van der Waals surface area (Å²) in [6.07, 6.45) is 0. The highest BCUT2D eigenvalue weighted by atomic mass is 79.9. The summed E-state index contributed by atoms with van der Waals surface area (Å²) in [5.41, 5.74) is 0.739. The molecule has 1 aliphatic heterocycles. The minimum atomic E-state index is -0.583. The predicted octanol–water partition coefficient (Wildman–Crippen LogP) is 2.89. The smallest absolute Gasteiger partial charge is 0.343 e. The highest BCUT2D eigenvalue weighted by Crippen LogP contribution is 2.24. The van der Waals surface area contributed by atoms with Crippen molar-refractivity contribution in [3.63, 3.8) is 0 Å². The second-order valence-electron chi connectivity index (χ2n) is 4.77. The zero-order valence-corrected chi connectivity index (χ0v) is 13.1. The molecule has 0 saturated carbocycles. The summed E-state index contributed by atoms with van der Waals surface area (Å²) >= 11 is 3.29. The lowest BCUT2D eigenvalue weighted by Crippen LogP contribution is -2.24. The second-order valence-corrected chi connectivity index (χ2v) is 5.69. The van der Waals surface area contributed by atoms with Crippen LogP contribution in [0.3, 0.4) is 0 Å². The molecule has 0 atom stereocenters. The molecule has 0 aromatic heterocycles. The van der Waals surface area contributed by atoms with Crippen molar-refractivity contribution in [2.24, 2.45) is 0 Å². The number of hydrogen-bond acceptors (Lipinski definition) is 4. The summed E-state index contributed by atoms with van der Waals surface area (Å²) in [4.78, 5) is 36.9. The molecule has 1 heterocycles. The van der Waals surface area contributed by atoms with Gasteiger partial charge in [-0.25, -0.2) is 4.79 Å². The average molecular weight is 360 g/mol. The molecule has 0 spiro atoms. The van der Waals surface area contributed by atoms with Gasteiger partial charge in [0.25, 0.3) is 11.8 Å². The standard InChI is InChI=1S/C16H10BrNO4/c1-18-14(19)12-7-2-9(8-13(12)15(18)20)16(21)22-11-5-3-10(17)4-6-11/h2-8H,1H3. The lowest BCUT2D eigenvalue weighted by molar-refractivity contribution is 0.0691. The molecular formula is C16H10BrNO4. The van der Waals surface area contributed by atoms with Crippen molar-refractivity contribution >= 4 is 33.7 Å². The largest absolute Gasteiger partial charge is 0.423 e. The third kappa shape index (κ3) is 2.42. The molecule has 2 amide bonds. The van der Waals surface area contributed by atoms with Crippen molar-refractivity contribution in [1.29, 1.82) is 0 Å². The lowest BCUT2D eigenvalue weighted by Gasteiger charge is -2.05. The summed E-state index contributed by atoms with van der Waals surface area (Å²) in [6, 6.07) is 11.1. The molecular weight excluding hydrogens is 350 g/mol. The van der Waals surface area contributed by atoms with Gasteiger partial charge in [-0.1, -0.05) is 15.9 Å². The minimum absolute atomic E-state index is 0.220. The highest BCUT2D eigenvalue weighted by molar-refractivity contribution is 9.10. The Hall–Kier alpha value is -2.47. The Morgan fingerprint density at radius 3 is 2.32 bits per heavy atom. The van der Waals surface area contributed by atoms with Crippen molar-refractivity contribution in [3.8, 4) is 5.75 Å². The van der Waals surface area contributed by atoms with Crippen molar-refractivity contribution in [3.05, 3.63) is 63.6 Å². The molecule has 0 fully saturated rings. The van der Waals surface area contributed by atoms with E-state index in [4.69, 9.17) is 4.74 Å². The summed E-state index contributed by atoms with van der Waals surface area (Å²) in [7, 11) is 1.41. The van der Waals surface area contributed by atoms with Gasteiger partial charge in [0, 0.05) is 11.5 Å². The number of rotatable bonds is 2. The number of ether oxygens (including phenoxy) is 1. The number of nitrogens with zero attached hydrogens (tertiary/aromatic N) is 1. The monoisotopic (exact) mass is 359 g/mol. The van der Waals surface area contributed by atoms with Gasteiger partial charge in [-0.3, -0.25) is 14.5 Å². The summed E-state index contributed by atoms with van der Waals surface area (Å²) in [5.74, 6) is -0.973. The Morgan fingerprint density at radius 2 is 1.64 bits per heavy atom. The summed E-state index contributed by atoms with van der Waals surface area (Å²) in [6.45, 7) is 0. The molecule has 0 radical (unpaired) electrons. The number of amides is 2. The van der Waals surface area contributed by atoms with Crippen LogP contribution in [0.1, 0.15) is 31.1 Å². The maximum Gasteiger partial charge on any atom is 0.343 e. The number of esters is 1. The molecule has 0 unspecified atom stereocenters. The van der Waals surface area contributed by atoms with Crippen molar-refractivity contribution in [2.45, 2.75) is 0 Å². The molecule has 0 bridgehead atoms. The van der Waals surface area contributed by atoms with Crippen LogP contribution in [0.2, 0.25) is 0 Å². The summed E-state index contributed by atoms with van der Waals surface area (Å²) < 4.78 is 6.11. The fourth-order valence-electron chi connectivity index (χ4n) is 2.16. The Morgan fingerprint density at radius 1 is 1.00 bits per heavy atom. The number of fused-ring (bicyclic) bond motifs is 1. The van der Waals surface area contributed by atoms with Crippen LogP contribution in [0, 0.1) is 0 Å². The SMILES string of the molecule is CN1C(=O)c2ccc(C(=O)Oc3ccc(Br)cc3)cc2C1=O. The first-order chi connectivity index (χ1) is 10.5. The van der Waals surface area contributed by atoms with E-state index in [2.05, 4.69) is 15.9 Å². The fourth-order valence-corrected chi connectivity index (χ4v) is 2.42. The van der Waals surface area contributed by atoms with Crippen molar-refractivity contribution in [1.82, 2.24) is 4.90 Å². The zero-order valence-electron chi connectivity index (χ0n) is 11.5. The Bertz CT molecular complexity index is 798. The van der Waals surface area contributed by atoms with E-state index in [1.807, 2.05) is 0 Å². The number of hydrogen-bond donors (Lipinski definition) is 0. The van der Waals surface area contributed by atoms with Crippen LogP contribution in [0.25, 0.3) is 0 Å². The minimum Gasteiger partial charge on any atom is -0.423 e. The van der Waals surface area contributed by atoms with Crippen LogP contribution < -0.4 is 4.74 Å². The van der Waals surface area contributed by atoms with E-state index in [9.17, 15) is 14.4 Å². The quantitative estimate of drug-likeness (QED) is 0.469. The molecule has 110 valence electrons. The molecule has 3 rings (SSSR count). The van der Waals surface area contributed by atoms with Crippen molar-refractivity contribution in [2.75, 3.05) is 7.05 Å². The fraction of sp³-hybridized carbons (Fsp3) is 0.0625. The Balaban J connectivity index is 1.87. The van der Waals surface area contributed by atoms with Gasteiger partial charge >= 0.3 is 5.97 Å². The average Bonchev–Trinajstić information content (AvgIpc) is 2.74. The van der Waals surface area contributed by atoms with Gasteiger partial charge < -0.3 is 4.74 Å². The van der Waals surface area contributed by atoms with Crippen LogP contribution in [0.5, 0.6) is 5.75 Å². The predicted molar refractivity (Wildman–Crippen MR) is 82.0 cm³/mol. The number of halogens is 1. The maximum absolute atomic E-state index is 12.1. The van der Waals surface area contributed by atoms with Crippen LogP contribution in [-0.4, -0.2) is 29.7 Å². The molecule has 5 nitrogen and oxygen atoms in total. The van der Waals surface area contributed by atoms with E-state index in [0.717, 1.165) is 9.37 Å². The molecule has 1 aliphatic rings. The van der Waals surface area contributed by atoms with Crippen LogP contribution in [0.4, 0.5) is 0 Å². The number of imide groups is 1. The van der Waals surface area contributed by atoms with Gasteiger partial charge in [0.05, 0.1) is 16.7 Å². The molecule has 2 aromatic rings. The maximum atomic E-state index is 12.1. The van der Waals surface area contributed by atoms with Gasteiger partial charge in [-0.05, 0) is 42.5 Å². The van der Waals surface area contributed by atoms with Gasteiger partial charge in [0.1, 0.15) is 5.75 Å². The first-order valence-electron chi connectivity index (χ1n) is 6.41. The van der Waals surface area contributed by atoms with E-state index in [-0.39, 0.29) is 17.0 Å². The van der Waals surface area contributed by atoms with Gasteiger partial charge in [0.15, 0.2) is 0 Å². The lowest BCUT2D eigenvalue weighted by atomic mass is 10.1. The Labute approximate surface area is 134 Å². The normalized spacial score (nSPS) is 13.3. The van der Waals surface area contributed by atoms with E-state index < -0.39 is 11.9 Å². The van der Waals surface area contributed by atoms with Crippen LogP contribution in [-0.2, 0) is 0 Å². The van der Waals surface area contributed by atoms with Crippen LogP contribution >= 0.6 is 15.9 Å². The molecule has 6 heteroatoms. The molecule has 0 aliphatic carbocycles. The Kier molecular flexibility index (Phi) is 3.54. The third-order valence-corrected chi connectivity index (χ3v) is 3.88. The molecule has 2 aromatic carbocycles. The highest BCUT2D eigenvalue weighted by Gasteiger charge is 2.33. The van der Waals surface area contributed by atoms with Crippen LogP contribution in [0.15, 0.2) is 46.9 Å². The number of carbonyl (C=O) groups excluding carboxylic acids is 3. The van der Waals surface area contributed by atoms with E-state index in [0.29, 0.717) is 11.3 Å². The summed E-state index contributed by atoms with van der Waals surface area (Å²) in [5, 5.41) is 0. The third-order valence-electron chi connectivity index (χ3n) is 3.35. The van der Waals surface area contributed by atoms with E-state index >= 15 is 0 Å². The van der Waals surface area contributed by atoms with Gasteiger partial charge in [0.2, 0.25) is 0 Å². The van der Waals surface area contributed by atoms with E-state index in [1.54, 1.807) is 24.3 Å². The second kappa shape index (κ2) is 5.38. The number of carbonyl (C=O) groups is 3. The topological polar surface area (TPSA) is 63.7 Å². The van der Waals surface area contributed by atoms with Gasteiger partial charge in [-0.15, -0.1) is 0 Å². The van der Waals surface area contributed by atoms with Crippen molar-refractivity contribution < 1.29 is 19.1 Å². The molecule has 0 N–H and O–H groups in total. The molecule has 22 heavy (non-hydrogen) atoms. The van der Waals surface area contributed by atoms with Gasteiger partial charge in [-0.2, -0.15) is 0 Å².